The monoisotopic (exact) mass is 123 g/mol. The number of hydrogen-bond acceptors (Lipinski definition) is 1. The van der Waals surface area contributed by atoms with E-state index < -0.39 is 0 Å². The molecular formula is C7H11N2. The molecule has 1 aromatic rings. The summed E-state index contributed by atoms with van der Waals surface area (Å²) in [4.78, 5) is 0. The van der Waals surface area contributed by atoms with E-state index in [2.05, 4.69) is 24.0 Å². The Bertz CT molecular complexity index is 201. The molecule has 1 N–H and O–H groups in total. The minimum Gasteiger partial charge on any atom is -0.282 e. The number of aromatic amines is 1. The maximum absolute atomic E-state index is 4.05. The molecule has 0 saturated carbocycles. The van der Waals surface area contributed by atoms with Crippen molar-refractivity contribution in [3.8, 4) is 0 Å². The highest BCUT2D eigenvalue weighted by atomic mass is 15.1. The Morgan fingerprint density at radius 1 is 1.56 bits per heavy atom. The van der Waals surface area contributed by atoms with Crippen molar-refractivity contribution in [2.75, 3.05) is 0 Å². The van der Waals surface area contributed by atoms with Crippen LogP contribution in [0.1, 0.15) is 17.0 Å². The number of rotatable bonds is 1. The molecule has 1 rings (SSSR count). The van der Waals surface area contributed by atoms with Crippen molar-refractivity contribution >= 4 is 0 Å². The van der Waals surface area contributed by atoms with E-state index in [1.807, 2.05) is 6.92 Å². The third-order valence-corrected chi connectivity index (χ3v) is 1.59. The fourth-order valence-electron chi connectivity index (χ4n) is 0.779. The number of aryl methyl sites for hydroxylation is 1. The lowest BCUT2D eigenvalue weighted by molar-refractivity contribution is 0.989. The second kappa shape index (κ2) is 2.21. The number of nitrogens with one attached hydrogen (secondary N) is 1. The quantitative estimate of drug-likeness (QED) is 0.600. The second-order valence-electron chi connectivity index (χ2n) is 2.17. The number of nitrogens with zero attached hydrogens (tertiary/aromatic N) is 1. The van der Waals surface area contributed by atoms with Gasteiger partial charge in [0.2, 0.25) is 0 Å². The molecule has 2 heteroatoms. The van der Waals surface area contributed by atoms with Crippen LogP contribution in [0.5, 0.6) is 0 Å². The number of H-pyrrole nitrogens is 1. The van der Waals surface area contributed by atoms with Crippen molar-refractivity contribution in [2.24, 2.45) is 0 Å². The van der Waals surface area contributed by atoms with Crippen molar-refractivity contribution in [2.45, 2.75) is 20.3 Å². The lowest BCUT2D eigenvalue weighted by Crippen LogP contribution is -1.82. The van der Waals surface area contributed by atoms with E-state index in [4.69, 9.17) is 0 Å². The Labute approximate surface area is 55.3 Å². The molecule has 0 aromatic carbocycles. The Kier molecular flexibility index (Phi) is 1.56. The molecule has 0 amide bonds. The summed E-state index contributed by atoms with van der Waals surface area (Å²) in [6, 6.07) is 0. The minimum absolute atomic E-state index is 0.774. The molecule has 0 aliphatic rings. The first-order valence-corrected chi connectivity index (χ1v) is 3.05. The van der Waals surface area contributed by atoms with Crippen LogP contribution in [-0.4, -0.2) is 10.2 Å². The Balaban J connectivity index is 3.04. The van der Waals surface area contributed by atoms with E-state index in [-0.39, 0.29) is 0 Å². The average Bonchev–Trinajstić information content (AvgIpc) is 2.15. The van der Waals surface area contributed by atoms with Gasteiger partial charge in [0.05, 0.1) is 5.69 Å². The molecule has 1 radical (unpaired) electrons. The lowest BCUT2D eigenvalue weighted by atomic mass is 10.2. The SMILES string of the molecule is [CH2]Cc1n[nH]c(C)c1C. The smallest absolute Gasteiger partial charge is 0.0654 e. The van der Waals surface area contributed by atoms with Gasteiger partial charge >= 0.3 is 0 Å². The van der Waals surface area contributed by atoms with E-state index >= 15 is 0 Å². The molecular weight excluding hydrogens is 112 g/mol. The molecule has 9 heavy (non-hydrogen) atoms. The largest absolute Gasteiger partial charge is 0.282 e. The van der Waals surface area contributed by atoms with Gasteiger partial charge in [-0.2, -0.15) is 5.10 Å². The van der Waals surface area contributed by atoms with Gasteiger partial charge in [-0.1, -0.05) is 0 Å². The summed E-state index contributed by atoms with van der Waals surface area (Å²) >= 11 is 0. The van der Waals surface area contributed by atoms with Crippen LogP contribution in [-0.2, 0) is 6.42 Å². The summed E-state index contributed by atoms with van der Waals surface area (Å²) in [7, 11) is 0. The second-order valence-corrected chi connectivity index (χ2v) is 2.17. The van der Waals surface area contributed by atoms with Gasteiger partial charge in [0.25, 0.3) is 0 Å². The molecule has 0 aliphatic heterocycles. The van der Waals surface area contributed by atoms with E-state index in [9.17, 15) is 0 Å². The topological polar surface area (TPSA) is 28.7 Å². The van der Waals surface area contributed by atoms with Crippen molar-refractivity contribution in [3.63, 3.8) is 0 Å². The number of hydrogen-bond donors (Lipinski definition) is 1. The molecule has 49 valence electrons. The summed E-state index contributed by atoms with van der Waals surface area (Å²) in [5.41, 5.74) is 3.46. The molecule has 0 aliphatic carbocycles. The minimum atomic E-state index is 0.774. The standard InChI is InChI=1S/C7H11N2/c1-4-7-5(2)6(3)8-9-7/h1,4H2,2-3H3,(H,8,9). The maximum Gasteiger partial charge on any atom is 0.0654 e. The molecule has 2 nitrogen and oxygen atoms in total. The van der Waals surface area contributed by atoms with Gasteiger partial charge in [0.15, 0.2) is 0 Å². The normalized spacial score (nSPS) is 10.1. The first kappa shape index (κ1) is 6.33. The Hall–Kier alpha value is -0.790. The van der Waals surface area contributed by atoms with E-state index in [1.54, 1.807) is 0 Å². The third kappa shape index (κ3) is 0.969. The zero-order chi connectivity index (χ0) is 6.85. The van der Waals surface area contributed by atoms with Crippen molar-refractivity contribution in [1.29, 1.82) is 0 Å². The Morgan fingerprint density at radius 3 is 2.44 bits per heavy atom. The average molecular weight is 123 g/mol. The summed E-state index contributed by atoms with van der Waals surface area (Å²) in [6.45, 7) is 7.82. The van der Waals surface area contributed by atoms with E-state index in [1.165, 1.54) is 5.56 Å². The zero-order valence-electron chi connectivity index (χ0n) is 5.86. The zero-order valence-corrected chi connectivity index (χ0v) is 5.86. The molecule has 0 bridgehead atoms. The van der Waals surface area contributed by atoms with Gasteiger partial charge in [-0.15, -0.1) is 0 Å². The molecule has 0 spiro atoms. The third-order valence-electron chi connectivity index (χ3n) is 1.59. The van der Waals surface area contributed by atoms with Crippen LogP contribution in [0.15, 0.2) is 0 Å². The molecule has 0 fully saturated rings. The maximum atomic E-state index is 4.05. The van der Waals surface area contributed by atoms with Crippen molar-refractivity contribution < 1.29 is 0 Å². The van der Waals surface area contributed by atoms with E-state index in [0.29, 0.717) is 0 Å². The van der Waals surface area contributed by atoms with Crippen LogP contribution in [0.2, 0.25) is 0 Å². The van der Waals surface area contributed by atoms with Crippen LogP contribution >= 0.6 is 0 Å². The van der Waals surface area contributed by atoms with E-state index in [0.717, 1.165) is 17.8 Å². The fraction of sp³-hybridized carbons (Fsp3) is 0.429. The molecule has 0 atom stereocenters. The summed E-state index contributed by atoms with van der Waals surface area (Å²) in [5.74, 6) is 0. The fourth-order valence-corrected chi connectivity index (χ4v) is 0.779. The number of aromatic nitrogens is 2. The van der Waals surface area contributed by atoms with Crippen molar-refractivity contribution in [3.05, 3.63) is 23.9 Å². The molecule has 1 heterocycles. The van der Waals surface area contributed by atoms with Crippen LogP contribution < -0.4 is 0 Å². The first-order chi connectivity index (χ1) is 4.25. The van der Waals surface area contributed by atoms with Crippen molar-refractivity contribution in [1.82, 2.24) is 10.2 Å². The van der Waals surface area contributed by atoms with Gasteiger partial charge in [-0.25, -0.2) is 0 Å². The van der Waals surface area contributed by atoms with Gasteiger partial charge in [-0.05, 0) is 32.8 Å². The molecule has 0 unspecified atom stereocenters. The summed E-state index contributed by atoms with van der Waals surface area (Å²) in [5, 5.41) is 6.94. The van der Waals surface area contributed by atoms with Crippen LogP contribution in [0.4, 0.5) is 0 Å². The predicted molar refractivity (Wildman–Crippen MR) is 37.1 cm³/mol. The summed E-state index contributed by atoms with van der Waals surface area (Å²) < 4.78 is 0. The summed E-state index contributed by atoms with van der Waals surface area (Å²) in [6.07, 6.45) is 0.774. The predicted octanol–water partition coefficient (Wildman–Crippen LogP) is 1.40. The van der Waals surface area contributed by atoms with Crippen LogP contribution in [0, 0.1) is 20.8 Å². The van der Waals surface area contributed by atoms with Crippen LogP contribution in [0.25, 0.3) is 0 Å². The lowest BCUT2D eigenvalue weighted by Gasteiger charge is -1.88. The highest BCUT2D eigenvalue weighted by Gasteiger charge is 2.00. The van der Waals surface area contributed by atoms with Crippen LogP contribution in [0.3, 0.4) is 0 Å². The Morgan fingerprint density at radius 2 is 2.22 bits per heavy atom. The first-order valence-electron chi connectivity index (χ1n) is 3.05. The highest BCUT2D eigenvalue weighted by Crippen LogP contribution is 2.07. The van der Waals surface area contributed by atoms with Gasteiger partial charge in [0, 0.05) is 5.69 Å². The molecule has 0 saturated heterocycles. The van der Waals surface area contributed by atoms with Gasteiger partial charge in [0.1, 0.15) is 0 Å². The van der Waals surface area contributed by atoms with Gasteiger partial charge in [-0.3, -0.25) is 5.10 Å². The highest BCUT2D eigenvalue weighted by molar-refractivity contribution is 5.22. The van der Waals surface area contributed by atoms with Gasteiger partial charge < -0.3 is 0 Å². The molecule has 1 aromatic heterocycles.